The summed E-state index contributed by atoms with van der Waals surface area (Å²) < 4.78 is 0. The van der Waals surface area contributed by atoms with Crippen molar-refractivity contribution in [3.05, 3.63) is 29.8 Å². The molecule has 2 aliphatic rings. The van der Waals surface area contributed by atoms with E-state index in [1.807, 2.05) is 11.0 Å². The smallest absolute Gasteiger partial charge is 0.229 e. The third-order valence-electron chi connectivity index (χ3n) is 4.55. The molecule has 0 bridgehead atoms. The van der Waals surface area contributed by atoms with Crippen LogP contribution in [0.4, 0.5) is 5.69 Å². The first kappa shape index (κ1) is 14.6. The van der Waals surface area contributed by atoms with Crippen molar-refractivity contribution in [3.63, 3.8) is 0 Å². The molecule has 3 rings (SSSR count). The second-order valence-corrected chi connectivity index (χ2v) is 6.07. The summed E-state index contributed by atoms with van der Waals surface area (Å²) >= 11 is 0. The molecule has 114 valence electrons. The largest absolute Gasteiger partial charge is 0.339 e. The molecular formula is C17H19N3O2. The van der Waals surface area contributed by atoms with Crippen molar-refractivity contribution >= 4 is 17.5 Å². The Labute approximate surface area is 129 Å². The highest BCUT2D eigenvalue weighted by Crippen LogP contribution is 2.30. The van der Waals surface area contributed by atoms with Gasteiger partial charge in [-0.2, -0.15) is 5.26 Å². The Bertz CT molecular complexity index is 629. The van der Waals surface area contributed by atoms with Gasteiger partial charge in [0.2, 0.25) is 11.8 Å². The maximum atomic E-state index is 12.3. The van der Waals surface area contributed by atoms with Crippen LogP contribution in [-0.2, 0) is 9.59 Å². The van der Waals surface area contributed by atoms with Gasteiger partial charge in [0.1, 0.15) is 0 Å². The zero-order valence-electron chi connectivity index (χ0n) is 12.4. The van der Waals surface area contributed by atoms with Crippen molar-refractivity contribution in [1.29, 1.82) is 5.26 Å². The third kappa shape index (κ3) is 2.96. The number of anilines is 1. The summed E-state index contributed by atoms with van der Waals surface area (Å²) in [5, 5.41) is 11.7. The number of amides is 2. The fourth-order valence-electron chi connectivity index (χ4n) is 3.39. The van der Waals surface area contributed by atoms with Crippen molar-refractivity contribution < 1.29 is 9.59 Å². The van der Waals surface area contributed by atoms with Gasteiger partial charge in [-0.1, -0.05) is 18.9 Å². The number of nitrogens with one attached hydrogen (secondary N) is 1. The Morgan fingerprint density at radius 3 is 2.82 bits per heavy atom. The van der Waals surface area contributed by atoms with Gasteiger partial charge < -0.3 is 10.2 Å². The molecule has 1 N–H and O–H groups in total. The van der Waals surface area contributed by atoms with Crippen molar-refractivity contribution in [2.24, 2.45) is 5.92 Å². The van der Waals surface area contributed by atoms with Crippen molar-refractivity contribution in [1.82, 2.24) is 4.90 Å². The number of likely N-dealkylation sites (tertiary alicyclic amines) is 1. The molecule has 2 amide bonds. The lowest BCUT2D eigenvalue weighted by molar-refractivity contribution is -0.129. The van der Waals surface area contributed by atoms with Crippen LogP contribution >= 0.6 is 0 Å². The van der Waals surface area contributed by atoms with Gasteiger partial charge in [0.15, 0.2) is 0 Å². The van der Waals surface area contributed by atoms with Gasteiger partial charge in [0.25, 0.3) is 0 Å². The maximum Gasteiger partial charge on any atom is 0.229 e. The molecule has 5 heteroatoms. The second-order valence-electron chi connectivity index (χ2n) is 6.07. The molecule has 2 fully saturated rings. The summed E-state index contributed by atoms with van der Waals surface area (Å²) in [6.07, 6.45) is 4.76. The summed E-state index contributed by atoms with van der Waals surface area (Å²) in [5.74, 6) is -0.333. The summed E-state index contributed by atoms with van der Waals surface area (Å²) in [7, 11) is 0. The van der Waals surface area contributed by atoms with Gasteiger partial charge >= 0.3 is 0 Å². The van der Waals surface area contributed by atoms with Crippen LogP contribution in [-0.4, -0.2) is 29.3 Å². The van der Waals surface area contributed by atoms with Gasteiger partial charge in [0.05, 0.1) is 17.6 Å². The van der Waals surface area contributed by atoms with E-state index in [9.17, 15) is 9.59 Å². The zero-order valence-corrected chi connectivity index (χ0v) is 12.4. The molecule has 0 radical (unpaired) electrons. The van der Waals surface area contributed by atoms with Crippen LogP contribution in [0.1, 0.15) is 37.7 Å². The Balaban J connectivity index is 1.63. The summed E-state index contributed by atoms with van der Waals surface area (Å²) in [6.45, 7) is 0.521. The highest BCUT2D eigenvalue weighted by Gasteiger charge is 2.38. The quantitative estimate of drug-likeness (QED) is 0.930. The zero-order chi connectivity index (χ0) is 15.5. The van der Waals surface area contributed by atoms with E-state index in [0.717, 1.165) is 12.8 Å². The van der Waals surface area contributed by atoms with Gasteiger partial charge in [-0.25, -0.2) is 0 Å². The van der Waals surface area contributed by atoms with Crippen LogP contribution < -0.4 is 5.32 Å². The van der Waals surface area contributed by atoms with Gasteiger partial charge in [-0.15, -0.1) is 0 Å². The van der Waals surface area contributed by atoms with E-state index in [1.54, 1.807) is 24.3 Å². The first-order valence-electron chi connectivity index (χ1n) is 7.78. The number of nitriles is 1. The molecule has 22 heavy (non-hydrogen) atoms. The Hall–Kier alpha value is -2.35. The number of carbonyl (C=O) groups excluding carboxylic acids is 2. The Kier molecular flexibility index (Phi) is 4.10. The van der Waals surface area contributed by atoms with Gasteiger partial charge in [-0.3, -0.25) is 9.59 Å². The lowest BCUT2D eigenvalue weighted by Crippen LogP contribution is -2.35. The first-order valence-corrected chi connectivity index (χ1v) is 7.78. The van der Waals surface area contributed by atoms with Crippen LogP contribution in [0.25, 0.3) is 0 Å². The van der Waals surface area contributed by atoms with Crippen molar-refractivity contribution in [2.45, 2.75) is 38.1 Å². The molecule has 0 unspecified atom stereocenters. The highest BCUT2D eigenvalue weighted by atomic mass is 16.2. The molecule has 1 atom stereocenters. The lowest BCUT2D eigenvalue weighted by atomic mass is 10.1. The number of hydrogen-bond acceptors (Lipinski definition) is 3. The van der Waals surface area contributed by atoms with Crippen LogP contribution in [0.15, 0.2) is 24.3 Å². The van der Waals surface area contributed by atoms with E-state index in [4.69, 9.17) is 5.26 Å². The predicted octanol–water partition coefficient (Wildman–Crippen LogP) is 2.29. The first-order chi connectivity index (χ1) is 10.7. The number of hydrogen-bond donors (Lipinski definition) is 1. The topological polar surface area (TPSA) is 73.2 Å². The van der Waals surface area contributed by atoms with E-state index < -0.39 is 0 Å². The summed E-state index contributed by atoms with van der Waals surface area (Å²) in [6, 6.07) is 9.20. The van der Waals surface area contributed by atoms with E-state index in [-0.39, 0.29) is 17.7 Å². The molecule has 1 aromatic carbocycles. The van der Waals surface area contributed by atoms with E-state index in [1.165, 1.54) is 12.8 Å². The molecule has 1 saturated heterocycles. The molecule has 0 aromatic heterocycles. The fraction of sp³-hybridized carbons (Fsp3) is 0.471. The van der Waals surface area contributed by atoms with E-state index in [2.05, 4.69) is 5.32 Å². The van der Waals surface area contributed by atoms with Crippen molar-refractivity contribution in [2.75, 3.05) is 11.9 Å². The molecule has 5 nitrogen and oxygen atoms in total. The minimum Gasteiger partial charge on any atom is -0.339 e. The highest BCUT2D eigenvalue weighted by molar-refractivity contribution is 5.97. The number of rotatable bonds is 3. The fourth-order valence-corrected chi connectivity index (χ4v) is 3.39. The molecule has 1 aliphatic carbocycles. The molecule has 1 aliphatic heterocycles. The van der Waals surface area contributed by atoms with Crippen LogP contribution in [0.2, 0.25) is 0 Å². The van der Waals surface area contributed by atoms with Crippen LogP contribution in [0.3, 0.4) is 0 Å². The molecule has 1 aromatic rings. The van der Waals surface area contributed by atoms with Gasteiger partial charge in [-0.05, 0) is 31.0 Å². The summed E-state index contributed by atoms with van der Waals surface area (Å²) in [5.41, 5.74) is 1.11. The van der Waals surface area contributed by atoms with E-state index in [0.29, 0.717) is 30.3 Å². The standard InChI is InChI=1S/C17H19N3O2/c18-10-12-4-3-5-14(8-12)19-17(22)13-9-16(21)20(11-13)15-6-1-2-7-15/h3-5,8,13,15H,1-2,6-7,9,11H2,(H,19,22)/t13-/m0/s1. The average molecular weight is 297 g/mol. The predicted molar refractivity (Wildman–Crippen MR) is 81.9 cm³/mol. The van der Waals surface area contributed by atoms with Crippen molar-refractivity contribution in [3.8, 4) is 6.07 Å². The van der Waals surface area contributed by atoms with Crippen LogP contribution in [0, 0.1) is 17.2 Å². The number of benzene rings is 1. The molecular weight excluding hydrogens is 278 g/mol. The number of carbonyl (C=O) groups is 2. The molecule has 0 spiro atoms. The minimum atomic E-state index is -0.293. The average Bonchev–Trinajstić information content (AvgIpc) is 3.16. The molecule has 1 heterocycles. The number of nitrogens with zero attached hydrogens (tertiary/aromatic N) is 2. The monoisotopic (exact) mass is 297 g/mol. The Morgan fingerprint density at radius 1 is 1.32 bits per heavy atom. The SMILES string of the molecule is N#Cc1cccc(NC(=O)[C@H]2CC(=O)N(C3CCCC3)C2)c1. The maximum absolute atomic E-state index is 12.3. The van der Waals surface area contributed by atoms with Crippen LogP contribution in [0.5, 0.6) is 0 Å². The van der Waals surface area contributed by atoms with Gasteiger partial charge in [0, 0.05) is 24.7 Å². The third-order valence-corrected chi connectivity index (χ3v) is 4.55. The lowest BCUT2D eigenvalue weighted by Gasteiger charge is -2.23. The summed E-state index contributed by atoms with van der Waals surface area (Å²) in [4.78, 5) is 26.4. The normalized spacial score (nSPS) is 21.9. The minimum absolute atomic E-state index is 0.0952. The second kappa shape index (κ2) is 6.18. The molecule has 1 saturated carbocycles. The van der Waals surface area contributed by atoms with E-state index >= 15 is 0 Å². The Morgan fingerprint density at radius 2 is 2.09 bits per heavy atom.